The van der Waals surface area contributed by atoms with Crippen LogP contribution in [0.2, 0.25) is 0 Å². The van der Waals surface area contributed by atoms with Crippen LogP contribution in [0.25, 0.3) is 11.1 Å². The number of furan rings is 1. The van der Waals surface area contributed by atoms with Gasteiger partial charge in [-0.15, -0.1) is 0 Å². The van der Waals surface area contributed by atoms with E-state index in [4.69, 9.17) is 4.42 Å². The fraction of sp³-hybridized carbons (Fsp3) is 0.0769. The Bertz CT molecular complexity index is 630. The van der Waals surface area contributed by atoms with E-state index in [2.05, 4.69) is 0 Å². The molecular formula is C13H9NO4. The predicted octanol–water partition coefficient (Wildman–Crippen LogP) is 1.86. The van der Waals surface area contributed by atoms with Crippen LogP contribution in [0.1, 0.15) is 15.9 Å². The van der Waals surface area contributed by atoms with Gasteiger partial charge >= 0.3 is 0 Å². The van der Waals surface area contributed by atoms with Crippen LogP contribution in [-0.2, 0) is 11.2 Å². The van der Waals surface area contributed by atoms with Crippen molar-refractivity contribution in [1.29, 1.82) is 0 Å². The summed E-state index contributed by atoms with van der Waals surface area (Å²) in [7, 11) is 0. The van der Waals surface area contributed by atoms with Gasteiger partial charge in [-0.1, -0.05) is 6.07 Å². The molecule has 0 saturated heterocycles. The van der Waals surface area contributed by atoms with Crippen LogP contribution < -0.4 is 0 Å². The number of carbonyl (C=O) groups is 2. The average molecular weight is 243 g/mol. The van der Waals surface area contributed by atoms with E-state index in [9.17, 15) is 14.8 Å². The van der Waals surface area contributed by atoms with E-state index in [-0.39, 0.29) is 11.5 Å². The minimum atomic E-state index is -0.681. The number of hydrogen-bond donors (Lipinski definition) is 1. The molecule has 1 aliphatic rings. The highest BCUT2D eigenvalue weighted by molar-refractivity contribution is 6.08. The number of imide groups is 1. The van der Waals surface area contributed by atoms with Crippen molar-refractivity contribution in [1.82, 2.24) is 5.06 Å². The van der Waals surface area contributed by atoms with Gasteiger partial charge in [0.05, 0.1) is 18.9 Å². The molecule has 90 valence electrons. The molecule has 0 atom stereocenters. The molecule has 0 radical (unpaired) electrons. The molecule has 2 aromatic rings. The quantitative estimate of drug-likeness (QED) is 0.613. The lowest BCUT2D eigenvalue weighted by molar-refractivity contribution is -0.153. The topological polar surface area (TPSA) is 70.8 Å². The summed E-state index contributed by atoms with van der Waals surface area (Å²) in [4.78, 5) is 23.1. The van der Waals surface area contributed by atoms with Crippen LogP contribution in [0.3, 0.4) is 0 Å². The second-order valence-corrected chi connectivity index (χ2v) is 4.07. The largest absolute Gasteiger partial charge is 0.472 e. The normalized spacial score (nSPS) is 14.8. The maximum Gasteiger partial charge on any atom is 0.284 e. The van der Waals surface area contributed by atoms with Gasteiger partial charge in [0, 0.05) is 11.1 Å². The SMILES string of the molecule is O=C1Cc2cc(-c3ccoc3)ccc2C(=O)N1O. The lowest BCUT2D eigenvalue weighted by atomic mass is 9.95. The van der Waals surface area contributed by atoms with Crippen LogP contribution in [0.5, 0.6) is 0 Å². The van der Waals surface area contributed by atoms with Gasteiger partial charge in [0.25, 0.3) is 11.8 Å². The van der Waals surface area contributed by atoms with Crippen molar-refractivity contribution in [3.8, 4) is 11.1 Å². The molecule has 2 heterocycles. The van der Waals surface area contributed by atoms with Crippen molar-refractivity contribution in [3.05, 3.63) is 47.9 Å². The van der Waals surface area contributed by atoms with Gasteiger partial charge in [-0.3, -0.25) is 14.8 Å². The zero-order valence-corrected chi connectivity index (χ0v) is 9.29. The van der Waals surface area contributed by atoms with E-state index in [0.29, 0.717) is 11.1 Å². The number of carbonyl (C=O) groups excluding carboxylic acids is 2. The average Bonchev–Trinajstić information content (AvgIpc) is 2.89. The Morgan fingerprint density at radius 3 is 2.72 bits per heavy atom. The summed E-state index contributed by atoms with van der Waals surface area (Å²) >= 11 is 0. The third-order valence-corrected chi connectivity index (χ3v) is 2.96. The number of amides is 2. The number of benzene rings is 1. The first-order chi connectivity index (χ1) is 8.66. The van der Waals surface area contributed by atoms with E-state index >= 15 is 0 Å². The molecule has 3 rings (SSSR count). The molecule has 1 N–H and O–H groups in total. The van der Waals surface area contributed by atoms with Gasteiger partial charge in [0.15, 0.2) is 0 Å². The summed E-state index contributed by atoms with van der Waals surface area (Å²) in [6, 6.07) is 6.93. The molecular weight excluding hydrogens is 234 g/mol. The van der Waals surface area contributed by atoms with E-state index < -0.39 is 11.8 Å². The summed E-state index contributed by atoms with van der Waals surface area (Å²) in [6.07, 6.45) is 3.16. The van der Waals surface area contributed by atoms with Crippen LogP contribution in [-0.4, -0.2) is 22.1 Å². The summed E-state index contributed by atoms with van der Waals surface area (Å²) in [6.45, 7) is 0. The van der Waals surface area contributed by atoms with Gasteiger partial charge < -0.3 is 4.42 Å². The Morgan fingerprint density at radius 1 is 1.17 bits per heavy atom. The number of hydrogen-bond acceptors (Lipinski definition) is 4. The van der Waals surface area contributed by atoms with Crippen LogP contribution in [0.15, 0.2) is 41.2 Å². The first-order valence-electron chi connectivity index (χ1n) is 5.38. The number of fused-ring (bicyclic) bond motifs is 1. The Balaban J connectivity index is 2.09. The van der Waals surface area contributed by atoms with Crippen molar-refractivity contribution in [2.75, 3.05) is 0 Å². The molecule has 0 spiro atoms. The molecule has 5 nitrogen and oxygen atoms in total. The molecule has 0 saturated carbocycles. The molecule has 2 amide bonds. The summed E-state index contributed by atoms with van der Waals surface area (Å²) in [5.74, 6) is -1.29. The fourth-order valence-corrected chi connectivity index (χ4v) is 2.02. The van der Waals surface area contributed by atoms with Crippen LogP contribution in [0, 0.1) is 0 Å². The Morgan fingerprint density at radius 2 is 2.00 bits per heavy atom. The molecule has 0 aliphatic carbocycles. The fourth-order valence-electron chi connectivity index (χ4n) is 2.02. The summed E-state index contributed by atoms with van der Waals surface area (Å²) in [5.41, 5.74) is 2.72. The van der Waals surface area contributed by atoms with Gasteiger partial charge in [0.1, 0.15) is 0 Å². The van der Waals surface area contributed by atoms with Crippen LogP contribution in [0.4, 0.5) is 0 Å². The Kier molecular flexibility index (Phi) is 2.28. The number of hydroxylamine groups is 2. The first kappa shape index (κ1) is 10.7. The molecule has 1 aromatic carbocycles. The second kappa shape index (κ2) is 3.82. The van der Waals surface area contributed by atoms with E-state index in [1.807, 2.05) is 0 Å². The van der Waals surface area contributed by atoms with E-state index in [1.54, 1.807) is 36.8 Å². The zero-order valence-electron chi connectivity index (χ0n) is 9.29. The van der Waals surface area contributed by atoms with Crippen molar-refractivity contribution < 1.29 is 19.2 Å². The van der Waals surface area contributed by atoms with Crippen LogP contribution >= 0.6 is 0 Å². The van der Waals surface area contributed by atoms with Crippen molar-refractivity contribution >= 4 is 11.8 Å². The Labute approximate surface area is 102 Å². The van der Waals surface area contributed by atoms with Gasteiger partial charge in [0.2, 0.25) is 0 Å². The highest BCUT2D eigenvalue weighted by atomic mass is 16.5. The van der Waals surface area contributed by atoms with Crippen molar-refractivity contribution in [2.24, 2.45) is 0 Å². The third kappa shape index (κ3) is 1.53. The van der Waals surface area contributed by atoms with Crippen molar-refractivity contribution in [2.45, 2.75) is 6.42 Å². The molecule has 1 aromatic heterocycles. The molecule has 0 unspecified atom stereocenters. The minimum absolute atomic E-state index is 0.0171. The lowest BCUT2D eigenvalue weighted by Gasteiger charge is -2.21. The van der Waals surface area contributed by atoms with Crippen molar-refractivity contribution in [3.63, 3.8) is 0 Å². The van der Waals surface area contributed by atoms with E-state index in [0.717, 1.165) is 11.1 Å². The van der Waals surface area contributed by atoms with Gasteiger partial charge in [-0.2, -0.15) is 5.06 Å². The molecule has 18 heavy (non-hydrogen) atoms. The first-order valence-corrected chi connectivity index (χ1v) is 5.38. The Hall–Kier alpha value is -2.40. The third-order valence-electron chi connectivity index (χ3n) is 2.96. The predicted molar refractivity (Wildman–Crippen MR) is 60.8 cm³/mol. The molecule has 0 fully saturated rings. The molecule has 5 heteroatoms. The highest BCUT2D eigenvalue weighted by Gasteiger charge is 2.30. The zero-order chi connectivity index (χ0) is 12.7. The summed E-state index contributed by atoms with van der Waals surface area (Å²) < 4.78 is 4.99. The maximum atomic E-state index is 11.7. The molecule has 0 bridgehead atoms. The number of nitrogens with zero attached hydrogens (tertiary/aromatic N) is 1. The second-order valence-electron chi connectivity index (χ2n) is 4.07. The maximum absolute atomic E-state index is 11.7. The monoisotopic (exact) mass is 243 g/mol. The number of rotatable bonds is 1. The van der Waals surface area contributed by atoms with Gasteiger partial charge in [-0.05, 0) is 29.3 Å². The lowest BCUT2D eigenvalue weighted by Crippen LogP contribution is -2.39. The molecule has 1 aliphatic heterocycles. The smallest absolute Gasteiger partial charge is 0.284 e. The minimum Gasteiger partial charge on any atom is -0.472 e. The van der Waals surface area contributed by atoms with Gasteiger partial charge in [-0.25, -0.2) is 0 Å². The summed E-state index contributed by atoms with van der Waals surface area (Å²) in [5, 5.41) is 9.43. The van der Waals surface area contributed by atoms with E-state index in [1.165, 1.54) is 0 Å². The standard InChI is InChI=1S/C13H9NO4/c15-12-6-10-5-8(9-3-4-18-7-9)1-2-11(10)13(16)14(12)17/h1-5,7,17H,6H2. The highest BCUT2D eigenvalue weighted by Crippen LogP contribution is 2.26.